The van der Waals surface area contributed by atoms with Gasteiger partial charge in [-0.3, -0.25) is 0 Å². The van der Waals surface area contributed by atoms with E-state index < -0.39 is 0 Å². The summed E-state index contributed by atoms with van der Waals surface area (Å²) in [6.45, 7) is 2.48. The van der Waals surface area contributed by atoms with Crippen molar-refractivity contribution < 1.29 is 13.9 Å². The van der Waals surface area contributed by atoms with Gasteiger partial charge in [-0.1, -0.05) is 12.1 Å². The van der Waals surface area contributed by atoms with Crippen LogP contribution in [0.4, 0.5) is 4.39 Å². The van der Waals surface area contributed by atoms with E-state index in [0.29, 0.717) is 23.7 Å². The van der Waals surface area contributed by atoms with Crippen molar-refractivity contribution >= 4 is 0 Å². The molecule has 1 aromatic heterocycles. The molecule has 2 rings (SSSR count). The summed E-state index contributed by atoms with van der Waals surface area (Å²) in [5.41, 5.74) is 1.53. The zero-order valence-electron chi connectivity index (χ0n) is 12.4. The molecule has 1 atom stereocenters. The molecule has 1 aromatic carbocycles. The molecule has 0 radical (unpaired) electrons. The van der Waals surface area contributed by atoms with Gasteiger partial charge in [0.25, 0.3) is 0 Å². The van der Waals surface area contributed by atoms with E-state index in [4.69, 9.17) is 9.47 Å². The molecule has 0 saturated carbocycles. The first-order chi connectivity index (χ1) is 10.2. The number of pyridine rings is 1. The monoisotopic (exact) mass is 290 g/mol. The number of benzene rings is 1. The molecule has 0 saturated heterocycles. The highest BCUT2D eigenvalue weighted by molar-refractivity contribution is 5.37. The van der Waals surface area contributed by atoms with Gasteiger partial charge in [0.2, 0.25) is 5.88 Å². The third kappa shape index (κ3) is 3.70. The van der Waals surface area contributed by atoms with Crippen molar-refractivity contribution in [3.63, 3.8) is 0 Å². The van der Waals surface area contributed by atoms with E-state index in [1.54, 1.807) is 38.6 Å². The van der Waals surface area contributed by atoms with E-state index in [0.717, 1.165) is 5.56 Å². The molecule has 0 aliphatic heterocycles. The molecule has 1 heterocycles. The lowest BCUT2D eigenvalue weighted by Gasteiger charge is -2.18. The van der Waals surface area contributed by atoms with E-state index >= 15 is 0 Å². The molecule has 112 valence electrons. The maximum absolute atomic E-state index is 14.0. The Labute approximate surface area is 123 Å². The Bertz CT molecular complexity index is 587. The minimum absolute atomic E-state index is 0.178. The lowest BCUT2D eigenvalue weighted by Crippen LogP contribution is -2.20. The van der Waals surface area contributed by atoms with Crippen LogP contribution >= 0.6 is 0 Å². The summed E-state index contributed by atoms with van der Waals surface area (Å²) in [6, 6.07) is 8.37. The third-order valence-electron chi connectivity index (χ3n) is 3.28. The normalized spacial score (nSPS) is 12.0. The number of aromatic nitrogens is 1. The molecular weight excluding hydrogens is 271 g/mol. The van der Waals surface area contributed by atoms with Crippen LogP contribution in [0.2, 0.25) is 0 Å². The summed E-state index contributed by atoms with van der Waals surface area (Å²) in [5.74, 6) is 0.840. The molecule has 0 fully saturated rings. The average Bonchev–Trinajstić information content (AvgIpc) is 2.52. The fourth-order valence-electron chi connectivity index (χ4n) is 2.12. The lowest BCUT2D eigenvalue weighted by molar-refractivity contribution is 0.393. The predicted octanol–water partition coefficient (Wildman–Crippen LogP) is 3.09. The Hall–Kier alpha value is -2.14. The van der Waals surface area contributed by atoms with E-state index in [1.165, 1.54) is 6.07 Å². The fourth-order valence-corrected chi connectivity index (χ4v) is 2.12. The lowest BCUT2D eigenvalue weighted by atomic mass is 10.1. The first kappa shape index (κ1) is 15.3. The standard InChI is InChI=1S/C16H19FN2O2/c1-11(16-13(17)5-4-6-14(16)20-2)18-9-12-7-8-15(21-3)19-10-12/h4-8,10-11,18H,9H2,1-3H3. The highest BCUT2D eigenvalue weighted by Crippen LogP contribution is 2.27. The van der Waals surface area contributed by atoms with Crippen molar-refractivity contribution in [2.24, 2.45) is 0 Å². The largest absolute Gasteiger partial charge is 0.496 e. The third-order valence-corrected chi connectivity index (χ3v) is 3.28. The van der Waals surface area contributed by atoms with Crippen LogP contribution in [0, 0.1) is 5.82 Å². The first-order valence-corrected chi connectivity index (χ1v) is 6.70. The smallest absolute Gasteiger partial charge is 0.212 e. The van der Waals surface area contributed by atoms with Crippen molar-refractivity contribution in [1.82, 2.24) is 10.3 Å². The molecule has 21 heavy (non-hydrogen) atoms. The number of nitrogens with zero attached hydrogens (tertiary/aromatic N) is 1. The topological polar surface area (TPSA) is 43.4 Å². The second-order valence-corrected chi connectivity index (χ2v) is 4.67. The van der Waals surface area contributed by atoms with Crippen molar-refractivity contribution in [3.8, 4) is 11.6 Å². The van der Waals surface area contributed by atoms with Crippen LogP contribution in [0.5, 0.6) is 11.6 Å². The van der Waals surface area contributed by atoms with Crippen molar-refractivity contribution in [2.45, 2.75) is 19.5 Å². The Balaban J connectivity index is 2.06. The fraction of sp³-hybridized carbons (Fsp3) is 0.312. The van der Waals surface area contributed by atoms with Crippen LogP contribution in [0.15, 0.2) is 36.5 Å². The van der Waals surface area contributed by atoms with Gasteiger partial charge in [-0.2, -0.15) is 0 Å². The Morgan fingerprint density at radius 2 is 2.00 bits per heavy atom. The van der Waals surface area contributed by atoms with Gasteiger partial charge in [0.05, 0.1) is 14.2 Å². The Kier molecular flexibility index (Phi) is 5.11. The predicted molar refractivity (Wildman–Crippen MR) is 79.0 cm³/mol. The summed E-state index contributed by atoms with van der Waals surface area (Å²) < 4.78 is 24.2. The summed E-state index contributed by atoms with van der Waals surface area (Å²) in [7, 11) is 3.12. The van der Waals surface area contributed by atoms with E-state index in [2.05, 4.69) is 10.3 Å². The quantitative estimate of drug-likeness (QED) is 0.888. The van der Waals surface area contributed by atoms with Gasteiger partial charge in [-0.15, -0.1) is 0 Å². The van der Waals surface area contributed by atoms with Gasteiger partial charge >= 0.3 is 0 Å². The number of nitrogens with one attached hydrogen (secondary N) is 1. The molecule has 2 aromatic rings. The second kappa shape index (κ2) is 7.04. The zero-order chi connectivity index (χ0) is 15.2. The second-order valence-electron chi connectivity index (χ2n) is 4.67. The van der Waals surface area contributed by atoms with Crippen molar-refractivity contribution in [3.05, 3.63) is 53.5 Å². The summed E-state index contributed by atoms with van der Waals surface area (Å²) in [6.07, 6.45) is 1.73. The van der Waals surface area contributed by atoms with Gasteiger partial charge in [0.15, 0.2) is 0 Å². The van der Waals surface area contributed by atoms with Gasteiger partial charge in [0.1, 0.15) is 11.6 Å². The van der Waals surface area contributed by atoms with Crippen LogP contribution in [-0.2, 0) is 6.54 Å². The number of rotatable bonds is 6. The number of methoxy groups -OCH3 is 2. The molecule has 0 spiro atoms. The molecule has 5 heteroatoms. The molecule has 0 aliphatic rings. The van der Waals surface area contributed by atoms with E-state index in [9.17, 15) is 4.39 Å². The molecule has 1 unspecified atom stereocenters. The minimum Gasteiger partial charge on any atom is -0.496 e. The number of hydrogen-bond donors (Lipinski definition) is 1. The summed E-state index contributed by atoms with van der Waals surface area (Å²) in [5, 5.41) is 3.27. The van der Waals surface area contributed by atoms with Gasteiger partial charge in [-0.05, 0) is 24.6 Å². The number of hydrogen-bond acceptors (Lipinski definition) is 4. The zero-order valence-corrected chi connectivity index (χ0v) is 12.4. The first-order valence-electron chi connectivity index (χ1n) is 6.70. The molecule has 0 amide bonds. The van der Waals surface area contributed by atoms with Crippen LogP contribution in [-0.4, -0.2) is 19.2 Å². The van der Waals surface area contributed by atoms with Crippen LogP contribution in [0.3, 0.4) is 0 Å². The molecule has 4 nitrogen and oxygen atoms in total. The Morgan fingerprint density at radius 1 is 1.19 bits per heavy atom. The highest BCUT2D eigenvalue weighted by Gasteiger charge is 2.15. The molecule has 0 bridgehead atoms. The van der Waals surface area contributed by atoms with Crippen LogP contribution < -0.4 is 14.8 Å². The number of ether oxygens (including phenoxy) is 2. The highest BCUT2D eigenvalue weighted by atomic mass is 19.1. The van der Waals surface area contributed by atoms with Crippen LogP contribution in [0.1, 0.15) is 24.1 Å². The Morgan fingerprint density at radius 3 is 2.62 bits per heavy atom. The molecule has 1 N–H and O–H groups in total. The van der Waals surface area contributed by atoms with E-state index in [1.807, 2.05) is 13.0 Å². The van der Waals surface area contributed by atoms with Crippen LogP contribution in [0.25, 0.3) is 0 Å². The molecule has 0 aliphatic carbocycles. The van der Waals surface area contributed by atoms with Gasteiger partial charge < -0.3 is 14.8 Å². The van der Waals surface area contributed by atoms with E-state index in [-0.39, 0.29) is 11.9 Å². The minimum atomic E-state index is -0.276. The molecular formula is C16H19FN2O2. The van der Waals surface area contributed by atoms with Gasteiger partial charge in [-0.25, -0.2) is 9.37 Å². The summed E-state index contributed by atoms with van der Waals surface area (Å²) in [4.78, 5) is 4.14. The SMILES string of the molecule is COc1ccc(CNC(C)c2c(F)cccc2OC)cn1. The summed E-state index contributed by atoms with van der Waals surface area (Å²) >= 11 is 0. The van der Waals surface area contributed by atoms with Crippen molar-refractivity contribution in [2.75, 3.05) is 14.2 Å². The van der Waals surface area contributed by atoms with Gasteiger partial charge in [0, 0.05) is 30.4 Å². The number of halogens is 1. The van der Waals surface area contributed by atoms with Crippen molar-refractivity contribution in [1.29, 1.82) is 0 Å². The average molecular weight is 290 g/mol. The maximum Gasteiger partial charge on any atom is 0.212 e. The maximum atomic E-state index is 14.0.